The van der Waals surface area contributed by atoms with E-state index in [0.717, 1.165) is 7.11 Å². The maximum absolute atomic E-state index is 12.6. The largest absolute Gasteiger partial charge is 0.481 e. The van der Waals surface area contributed by atoms with Crippen molar-refractivity contribution in [2.45, 2.75) is 93.6 Å². The topological polar surface area (TPSA) is 218 Å². The Bertz CT molecular complexity index is 1190. The Labute approximate surface area is 224 Å². The fraction of sp³-hybridized carbons (Fsp3) is 0.778. The molecule has 8 N–H and O–H groups in total. The summed E-state index contributed by atoms with van der Waals surface area (Å²) in [7, 11) is 1.16. The van der Waals surface area contributed by atoms with Crippen LogP contribution >= 0.6 is 0 Å². The quantitative estimate of drug-likeness (QED) is 0.208. The summed E-state index contributed by atoms with van der Waals surface area (Å²) in [6.07, 6.45) is -5.15. The fourth-order valence-corrected chi connectivity index (χ4v) is 9.82. The summed E-state index contributed by atoms with van der Waals surface area (Å²) in [5.41, 5.74) is -15.1. The molecule has 12 unspecified atom stereocenters. The highest BCUT2D eigenvalue weighted by Gasteiger charge is 2.95. The van der Waals surface area contributed by atoms with Crippen LogP contribution < -0.4 is 0 Å². The summed E-state index contributed by atoms with van der Waals surface area (Å²) < 4.78 is 9.94. The molecule has 4 aliphatic carbocycles. The van der Waals surface area contributed by atoms with Crippen LogP contribution in [0.3, 0.4) is 0 Å². The van der Waals surface area contributed by atoms with Crippen LogP contribution in [-0.2, 0) is 14.3 Å². The molecule has 12 heteroatoms. The third-order valence-electron chi connectivity index (χ3n) is 11.9. The number of carboxylic acids is 1. The van der Waals surface area contributed by atoms with Crippen molar-refractivity contribution in [1.82, 2.24) is 0 Å². The Balaban J connectivity index is 1.78. The molecule has 12 atom stereocenters. The summed E-state index contributed by atoms with van der Waals surface area (Å²) in [6.45, 7) is 4.44. The van der Waals surface area contributed by atoms with Crippen molar-refractivity contribution in [3.63, 3.8) is 0 Å². The first-order valence-electron chi connectivity index (χ1n) is 13.1. The molecule has 0 aliphatic heterocycles. The van der Waals surface area contributed by atoms with Gasteiger partial charge in [-0.15, -0.1) is 0 Å². The van der Waals surface area contributed by atoms with Gasteiger partial charge in [0, 0.05) is 34.1 Å². The fourth-order valence-electron chi connectivity index (χ4n) is 9.82. The molecule has 0 aromatic carbocycles. The summed E-state index contributed by atoms with van der Waals surface area (Å²) in [5.74, 6) is -4.80. The second kappa shape index (κ2) is 8.03. The number of furan rings is 1. The molecular formula is C27H38O12. The second-order valence-corrected chi connectivity index (χ2v) is 13.0. The van der Waals surface area contributed by atoms with Crippen LogP contribution in [0, 0.1) is 28.1 Å². The van der Waals surface area contributed by atoms with E-state index < -0.39 is 93.6 Å². The molecule has 4 aliphatic rings. The number of carboxylic acid groups (broad SMARTS) is 1. The van der Waals surface area contributed by atoms with E-state index in [2.05, 4.69) is 0 Å². The summed E-state index contributed by atoms with van der Waals surface area (Å²) >= 11 is 0. The van der Waals surface area contributed by atoms with Gasteiger partial charge in [0.2, 0.25) is 0 Å². The zero-order chi connectivity index (χ0) is 29.2. The second-order valence-electron chi connectivity index (χ2n) is 13.0. The molecule has 0 radical (unpaired) electrons. The Kier molecular flexibility index (Phi) is 5.86. The first kappa shape index (κ1) is 28.5. The van der Waals surface area contributed by atoms with E-state index in [-0.39, 0.29) is 24.8 Å². The van der Waals surface area contributed by atoms with Crippen LogP contribution in [-0.4, -0.2) is 94.5 Å². The number of aliphatic hydroxyl groups is 7. The van der Waals surface area contributed by atoms with E-state index in [1.54, 1.807) is 0 Å². The van der Waals surface area contributed by atoms with Gasteiger partial charge in [-0.05, 0) is 31.2 Å². The maximum Gasteiger partial charge on any atom is 0.305 e. The van der Waals surface area contributed by atoms with Gasteiger partial charge in [0.25, 0.3) is 0 Å². The van der Waals surface area contributed by atoms with Crippen molar-refractivity contribution in [3.05, 3.63) is 24.2 Å². The number of hydrogen-bond acceptors (Lipinski definition) is 11. The molecule has 2 bridgehead atoms. The monoisotopic (exact) mass is 554 g/mol. The molecular weight excluding hydrogens is 516 g/mol. The molecule has 0 spiro atoms. The molecule has 5 rings (SSSR count). The first-order chi connectivity index (χ1) is 17.9. The normalized spacial score (nSPS) is 52.8. The molecule has 1 aromatic heterocycles. The van der Waals surface area contributed by atoms with Crippen LogP contribution in [0.4, 0.5) is 0 Å². The molecule has 1 aromatic rings. The Hall–Kier alpha value is -2.06. The number of ether oxygens (including phenoxy) is 1. The Morgan fingerprint density at radius 2 is 1.64 bits per heavy atom. The highest BCUT2D eigenvalue weighted by molar-refractivity contribution is 5.71. The lowest BCUT2D eigenvalue weighted by Crippen LogP contribution is -2.93. The van der Waals surface area contributed by atoms with Crippen molar-refractivity contribution in [2.75, 3.05) is 7.11 Å². The zero-order valence-corrected chi connectivity index (χ0v) is 22.4. The van der Waals surface area contributed by atoms with Crippen molar-refractivity contribution in [2.24, 2.45) is 28.1 Å². The number of hydrogen-bond donors (Lipinski definition) is 8. The minimum atomic E-state index is -2.88. The Morgan fingerprint density at radius 3 is 2.18 bits per heavy atom. The lowest BCUT2D eigenvalue weighted by atomic mass is 9.34. The smallest absolute Gasteiger partial charge is 0.305 e. The number of fused-ring (bicyclic) bond motifs is 3. The van der Waals surface area contributed by atoms with E-state index >= 15 is 0 Å². The predicted molar refractivity (Wildman–Crippen MR) is 130 cm³/mol. The SMILES string of the molecule is COC(=O)CC1C2(C)CC3(O)C(O)(C2O)C(O)C2(O)C(CC(=O)O)C(C)(C(O)c4ccoc4)CCC2(O)C13C. The number of carbonyl (C=O) groups is 2. The molecule has 4 fully saturated rings. The van der Waals surface area contributed by atoms with Gasteiger partial charge in [-0.3, -0.25) is 9.59 Å². The number of esters is 1. The Morgan fingerprint density at radius 1 is 1.00 bits per heavy atom. The van der Waals surface area contributed by atoms with Crippen LogP contribution in [0.2, 0.25) is 0 Å². The predicted octanol–water partition coefficient (Wildman–Crippen LogP) is -0.527. The van der Waals surface area contributed by atoms with E-state index in [1.807, 2.05) is 0 Å². The van der Waals surface area contributed by atoms with Gasteiger partial charge < -0.3 is 50.0 Å². The molecule has 4 saturated carbocycles. The van der Waals surface area contributed by atoms with E-state index in [0.29, 0.717) is 0 Å². The number of methoxy groups -OCH3 is 1. The maximum atomic E-state index is 12.6. The van der Waals surface area contributed by atoms with Crippen LogP contribution in [0.15, 0.2) is 23.0 Å². The minimum Gasteiger partial charge on any atom is -0.481 e. The van der Waals surface area contributed by atoms with Crippen molar-refractivity contribution >= 4 is 11.9 Å². The highest BCUT2D eigenvalue weighted by Crippen LogP contribution is 2.82. The third kappa shape index (κ3) is 2.78. The average molecular weight is 555 g/mol. The lowest BCUT2D eigenvalue weighted by molar-refractivity contribution is -0.438. The van der Waals surface area contributed by atoms with Crippen LogP contribution in [0.5, 0.6) is 0 Å². The minimum absolute atomic E-state index is 0.0723. The van der Waals surface area contributed by atoms with E-state index in [4.69, 9.17) is 9.15 Å². The number of aliphatic carboxylic acids is 1. The van der Waals surface area contributed by atoms with Crippen molar-refractivity contribution in [1.29, 1.82) is 0 Å². The first-order valence-corrected chi connectivity index (χ1v) is 13.1. The van der Waals surface area contributed by atoms with Gasteiger partial charge in [0.1, 0.15) is 28.5 Å². The van der Waals surface area contributed by atoms with E-state index in [9.17, 15) is 50.4 Å². The summed E-state index contributed by atoms with van der Waals surface area (Å²) in [6, 6.07) is 1.47. The van der Waals surface area contributed by atoms with Crippen molar-refractivity contribution in [3.8, 4) is 0 Å². The standard InChI is InChI=1S/C27H38O12/c1-21(18(31)13-5-8-39-11-13)6-7-24(34)23(3)14(10-17(30)38-4)22(2)12-25(23,35)27(37,19(22)32)20(33)26(24,36)15(21)9-16(28)29/h5,8,11,14-15,18-20,31-37H,6-7,9-10,12H2,1-4H3,(H,28,29). The van der Waals surface area contributed by atoms with Crippen LogP contribution in [0.25, 0.3) is 0 Å². The van der Waals surface area contributed by atoms with Crippen LogP contribution in [0.1, 0.15) is 64.5 Å². The lowest BCUT2D eigenvalue weighted by Gasteiger charge is -2.76. The molecule has 39 heavy (non-hydrogen) atoms. The third-order valence-corrected chi connectivity index (χ3v) is 11.9. The number of carbonyl (C=O) groups excluding carboxylic acids is 1. The zero-order valence-electron chi connectivity index (χ0n) is 22.4. The molecule has 0 amide bonds. The number of aliphatic hydroxyl groups excluding tert-OH is 3. The van der Waals surface area contributed by atoms with Gasteiger partial charge in [0.05, 0.1) is 38.3 Å². The van der Waals surface area contributed by atoms with Gasteiger partial charge in [-0.25, -0.2) is 0 Å². The summed E-state index contributed by atoms with van der Waals surface area (Å²) in [4.78, 5) is 24.8. The number of rotatable bonds is 6. The average Bonchev–Trinajstić information content (AvgIpc) is 3.52. The van der Waals surface area contributed by atoms with Gasteiger partial charge >= 0.3 is 11.9 Å². The highest BCUT2D eigenvalue weighted by atomic mass is 16.5. The van der Waals surface area contributed by atoms with Gasteiger partial charge in [-0.1, -0.05) is 20.8 Å². The van der Waals surface area contributed by atoms with Gasteiger partial charge in [0.15, 0.2) is 0 Å². The van der Waals surface area contributed by atoms with E-state index in [1.165, 1.54) is 39.4 Å². The molecule has 12 nitrogen and oxygen atoms in total. The molecule has 1 heterocycles. The molecule has 0 saturated heterocycles. The summed E-state index contributed by atoms with van der Waals surface area (Å²) in [5, 5.41) is 94.2. The molecule has 218 valence electrons. The van der Waals surface area contributed by atoms with Crippen molar-refractivity contribution < 1.29 is 59.6 Å². The van der Waals surface area contributed by atoms with Gasteiger partial charge in [-0.2, -0.15) is 0 Å².